The molecule has 3 rings (SSSR count). The number of rotatable bonds is 5. The summed E-state index contributed by atoms with van der Waals surface area (Å²) in [6.45, 7) is 0.587. The van der Waals surface area contributed by atoms with Gasteiger partial charge in [0.05, 0.1) is 17.4 Å². The number of benzene rings is 2. The van der Waals surface area contributed by atoms with Gasteiger partial charge in [0.1, 0.15) is 6.07 Å². The summed E-state index contributed by atoms with van der Waals surface area (Å²) in [5.41, 5.74) is 2.22. The number of hydrogen-bond acceptors (Lipinski definition) is 6. The second-order valence-electron chi connectivity index (χ2n) is 4.93. The van der Waals surface area contributed by atoms with Crippen LogP contribution in [-0.4, -0.2) is 15.2 Å². The number of nitrogens with zero attached hydrogens (tertiary/aromatic N) is 4. The first-order valence-electron chi connectivity index (χ1n) is 7.19. The summed E-state index contributed by atoms with van der Waals surface area (Å²) in [4.78, 5) is 4.34. The third-order valence-corrected chi connectivity index (χ3v) is 3.49. The third kappa shape index (κ3) is 3.97. The van der Waals surface area contributed by atoms with E-state index in [1.807, 2.05) is 30.3 Å². The van der Waals surface area contributed by atoms with Crippen LogP contribution in [0.15, 0.2) is 54.7 Å². The predicted octanol–water partition coefficient (Wildman–Crippen LogP) is 3.75. The third-order valence-electron chi connectivity index (χ3n) is 3.24. The first-order chi connectivity index (χ1) is 11.7. The van der Waals surface area contributed by atoms with Crippen molar-refractivity contribution in [1.29, 1.82) is 5.26 Å². The lowest BCUT2D eigenvalue weighted by molar-refractivity contribution is 0.965. The highest BCUT2D eigenvalue weighted by Crippen LogP contribution is 2.18. The van der Waals surface area contributed by atoms with Crippen molar-refractivity contribution in [3.8, 4) is 6.07 Å². The Morgan fingerprint density at radius 3 is 2.67 bits per heavy atom. The van der Waals surface area contributed by atoms with Gasteiger partial charge in [-0.15, -0.1) is 5.10 Å². The van der Waals surface area contributed by atoms with Crippen LogP contribution in [-0.2, 0) is 6.54 Å². The minimum atomic E-state index is 0.318. The average molecular weight is 337 g/mol. The minimum Gasteiger partial charge on any atom is -0.365 e. The van der Waals surface area contributed by atoms with Gasteiger partial charge in [-0.05, 0) is 29.8 Å². The van der Waals surface area contributed by atoms with Crippen LogP contribution in [0.5, 0.6) is 0 Å². The number of nitriles is 1. The van der Waals surface area contributed by atoms with E-state index in [1.54, 1.807) is 18.2 Å². The zero-order valence-electron chi connectivity index (χ0n) is 12.6. The Kier molecular flexibility index (Phi) is 4.84. The quantitative estimate of drug-likeness (QED) is 0.737. The van der Waals surface area contributed by atoms with E-state index < -0.39 is 0 Å². The second-order valence-corrected chi connectivity index (χ2v) is 5.36. The van der Waals surface area contributed by atoms with Gasteiger partial charge in [-0.25, -0.2) is 0 Å². The van der Waals surface area contributed by atoms with Crippen LogP contribution in [0.1, 0.15) is 11.1 Å². The largest absolute Gasteiger partial charge is 0.365 e. The molecule has 118 valence electrons. The number of aromatic nitrogens is 3. The van der Waals surface area contributed by atoms with E-state index >= 15 is 0 Å². The summed E-state index contributed by atoms with van der Waals surface area (Å²) in [7, 11) is 0. The molecule has 1 heterocycles. The summed E-state index contributed by atoms with van der Waals surface area (Å²) in [5.74, 6) is 0.899. The molecule has 0 radical (unpaired) electrons. The van der Waals surface area contributed by atoms with Crippen LogP contribution < -0.4 is 10.6 Å². The molecule has 0 unspecified atom stereocenters. The molecule has 2 aromatic carbocycles. The van der Waals surface area contributed by atoms with Crippen LogP contribution in [0, 0.1) is 11.3 Å². The Hall–Kier alpha value is -3.17. The van der Waals surface area contributed by atoms with Crippen LogP contribution in [0.4, 0.5) is 17.5 Å². The summed E-state index contributed by atoms with van der Waals surface area (Å²) >= 11 is 5.87. The van der Waals surface area contributed by atoms with Crippen molar-refractivity contribution in [3.05, 3.63) is 70.9 Å². The lowest BCUT2D eigenvalue weighted by Crippen LogP contribution is -2.06. The van der Waals surface area contributed by atoms with E-state index in [0.717, 1.165) is 5.56 Å². The zero-order valence-corrected chi connectivity index (χ0v) is 13.3. The molecule has 0 atom stereocenters. The number of halogens is 1. The molecule has 0 aliphatic rings. The molecule has 7 heteroatoms. The Labute approximate surface area is 144 Å². The minimum absolute atomic E-state index is 0.318. The lowest BCUT2D eigenvalue weighted by atomic mass is 10.2. The molecule has 0 saturated heterocycles. The van der Waals surface area contributed by atoms with Gasteiger partial charge in [0.15, 0.2) is 5.82 Å². The molecule has 6 nitrogen and oxygen atoms in total. The second kappa shape index (κ2) is 7.40. The topological polar surface area (TPSA) is 86.5 Å². The molecule has 0 bridgehead atoms. The maximum Gasteiger partial charge on any atom is 0.249 e. The Morgan fingerprint density at radius 2 is 1.88 bits per heavy atom. The Bertz CT molecular complexity index is 873. The molecular weight excluding hydrogens is 324 g/mol. The molecule has 1 aromatic heterocycles. The van der Waals surface area contributed by atoms with Crippen molar-refractivity contribution in [1.82, 2.24) is 15.2 Å². The van der Waals surface area contributed by atoms with E-state index in [2.05, 4.69) is 31.9 Å². The average Bonchev–Trinajstić information content (AvgIpc) is 2.62. The van der Waals surface area contributed by atoms with Crippen LogP contribution in [0.2, 0.25) is 5.02 Å². The van der Waals surface area contributed by atoms with Crippen molar-refractivity contribution in [2.45, 2.75) is 6.54 Å². The van der Waals surface area contributed by atoms with Gasteiger partial charge < -0.3 is 10.6 Å². The molecule has 0 saturated carbocycles. The monoisotopic (exact) mass is 336 g/mol. The van der Waals surface area contributed by atoms with Crippen molar-refractivity contribution >= 4 is 29.1 Å². The fourth-order valence-corrected chi connectivity index (χ4v) is 2.17. The standard InChI is InChI=1S/C17H13ClN6/c18-14-7-5-12(6-8-14)10-20-16-11-21-24-17(23-16)22-15-4-2-1-3-13(15)9-19/h1-8,11H,10H2,(H2,20,22,23,24). The van der Waals surface area contributed by atoms with Crippen molar-refractivity contribution < 1.29 is 0 Å². The normalized spacial score (nSPS) is 10.0. The van der Waals surface area contributed by atoms with E-state index in [4.69, 9.17) is 16.9 Å². The van der Waals surface area contributed by atoms with Crippen molar-refractivity contribution in [2.75, 3.05) is 10.6 Å². The molecule has 0 aliphatic heterocycles. The summed E-state index contributed by atoms with van der Waals surface area (Å²) in [6.07, 6.45) is 1.54. The molecule has 0 aliphatic carbocycles. The highest BCUT2D eigenvalue weighted by molar-refractivity contribution is 6.30. The Balaban J connectivity index is 1.70. The molecule has 0 spiro atoms. The SMILES string of the molecule is N#Cc1ccccc1Nc1nncc(NCc2ccc(Cl)cc2)n1. The number of nitrogens with one attached hydrogen (secondary N) is 2. The van der Waals surface area contributed by atoms with Crippen molar-refractivity contribution in [3.63, 3.8) is 0 Å². The first kappa shape index (κ1) is 15.7. The maximum atomic E-state index is 9.11. The highest BCUT2D eigenvalue weighted by atomic mass is 35.5. The summed E-state index contributed by atoms with van der Waals surface area (Å²) < 4.78 is 0. The first-order valence-corrected chi connectivity index (χ1v) is 7.56. The smallest absolute Gasteiger partial charge is 0.249 e. The van der Waals surface area contributed by atoms with Gasteiger partial charge in [-0.3, -0.25) is 0 Å². The van der Waals surface area contributed by atoms with Crippen LogP contribution in [0.3, 0.4) is 0 Å². The summed E-state index contributed by atoms with van der Waals surface area (Å²) in [5, 5.41) is 23.8. The number of anilines is 3. The fraction of sp³-hybridized carbons (Fsp3) is 0.0588. The number of para-hydroxylation sites is 1. The number of hydrogen-bond donors (Lipinski definition) is 2. The van der Waals surface area contributed by atoms with Gasteiger partial charge in [0, 0.05) is 11.6 Å². The zero-order chi connectivity index (χ0) is 16.8. The maximum absolute atomic E-state index is 9.11. The lowest BCUT2D eigenvalue weighted by Gasteiger charge is -2.08. The van der Waals surface area contributed by atoms with Crippen molar-refractivity contribution in [2.24, 2.45) is 0 Å². The molecule has 0 fully saturated rings. The van der Waals surface area contributed by atoms with Crippen LogP contribution in [0.25, 0.3) is 0 Å². The van der Waals surface area contributed by atoms with E-state index in [0.29, 0.717) is 34.6 Å². The predicted molar refractivity (Wildman–Crippen MR) is 93.0 cm³/mol. The van der Waals surface area contributed by atoms with E-state index in [1.165, 1.54) is 6.20 Å². The Morgan fingerprint density at radius 1 is 1.08 bits per heavy atom. The molecule has 24 heavy (non-hydrogen) atoms. The highest BCUT2D eigenvalue weighted by Gasteiger charge is 2.05. The van der Waals surface area contributed by atoms with Gasteiger partial charge in [-0.1, -0.05) is 35.9 Å². The van der Waals surface area contributed by atoms with Gasteiger partial charge in [0.25, 0.3) is 0 Å². The van der Waals surface area contributed by atoms with E-state index in [9.17, 15) is 0 Å². The molecule has 2 N–H and O–H groups in total. The fourth-order valence-electron chi connectivity index (χ4n) is 2.05. The van der Waals surface area contributed by atoms with Gasteiger partial charge >= 0.3 is 0 Å². The molecule has 0 amide bonds. The van der Waals surface area contributed by atoms with E-state index in [-0.39, 0.29) is 0 Å². The summed E-state index contributed by atoms with van der Waals surface area (Å²) in [6, 6.07) is 16.8. The van der Waals surface area contributed by atoms with Gasteiger partial charge in [0.2, 0.25) is 5.95 Å². The molecule has 3 aromatic rings. The van der Waals surface area contributed by atoms with Gasteiger partial charge in [-0.2, -0.15) is 15.3 Å². The molecular formula is C17H13ClN6. The van der Waals surface area contributed by atoms with Crippen LogP contribution >= 0.6 is 11.6 Å².